The van der Waals surface area contributed by atoms with Gasteiger partial charge in [0.25, 0.3) is 5.56 Å². The number of para-hydroxylation sites is 1. The zero-order valence-electron chi connectivity index (χ0n) is 16.3. The Morgan fingerprint density at radius 1 is 0.963 bits per heavy atom. The lowest BCUT2D eigenvalue weighted by Gasteiger charge is -2.10. The average Bonchev–Trinajstić information content (AvgIpc) is 2.63. The van der Waals surface area contributed by atoms with Crippen LogP contribution < -0.4 is 10.9 Å². The summed E-state index contributed by atoms with van der Waals surface area (Å²) in [7, 11) is 0. The molecule has 3 aromatic rings. The van der Waals surface area contributed by atoms with Gasteiger partial charge in [0.2, 0.25) is 11.9 Å². The van der Waals surface area contributed by atoms with Crippen LogP contribution in [0.3, 0.4) is 0 Å². The number of H-pyrrole nitrogens is 1. The van der Waals surface area contributed by atoms with Crippen molar-refractivity contribution < 1.29 is 0 Å². The second-order valence-corrected chi connectivity index (χ2v) is 6.92. The Morgan fingerprint density at radius 3 is 2.52 bits per heavy atom. The minimum absolute atomic E-state index is 0.0852. The fraction of sp³-hybridized carbons (Fsp3) is 0.429. The zero-order chi connectivity index (χ0) is 19.2. The molecule has 142 valence electrons. The molecule has 0 saturated heterocycles. The molecule has 0 radical (unpaired) electrons. The van der Waals surface area contributed by atoms with Crippen LogP contribution in [0.15, 0.2) is 29.1 Å². The van der Waals surface area contributed by atoms with Crippen molar-refractivity contribution in [1.82, 2.24) is 19.9 Å². The van der Waals surface area contributed by atoms with Gasteiger partial charge >= 0.3 is 0 Å². The Kier molecular flexibility index (Phi) is 6.16. The van der Waals surface area contributed by atoms with Crippen molar-refractivity contribution in [1.29, 1.82) is 0 Å². The van der Waals surface area contributed by atoms with Crippen molar-refractivity contribution in [3.05, 3.63) is 51.6 Å². The van der Waals surface area contributed by atoms with Crippen molar-refractivity contribution in [2.75, 3.05) is 5.32 Å². The number of benzene rings is 1. The van der Waals surface area contributed by atoms with E-state index in [9.17, 15) is 4.79 Å². The predicted molar refractivity (Wildman–Crippen MR) is 110 cm³/mol. The van der Waals surface area contributed by atoms with E-state index < -0.39 is 0 Å². The molecule has 0 bridgehead atoms. The predicted octanol–water partition coefficient (Wildman–Crippen LogP) is 4.59. The van der Waals surface area contributed by atoms with Gasteiger partial charge < -0.3 is 0 Å². The molecular formula is C21H27N5O. The smallest absolute Gasteiger partial charge is 0.255 e. The van der Waals surface area contributed by atoms with Crippen LogP contribution >= 0.6 is 0 Å². The van der Waals surface area contributed by atoms with Gasteiger partial charge in [-0.1, -0.05) is 50.8 Å². The van der Waals surface area contributed by atoms with Crippen LogP contribution in [0.1, 0.15) is 56.0 Å². The summed E-state index contributed by atoms with van der Waals surface area (Å²) in [5.74, 6) is 0.808. The first-order valence-corrected chi connectivity index (χ1v) is 9.68. The highest BCUT2D eigenvalue weighted by Gasteiger charge is 2.10. The van der Waals surface area contributed by atoms with Gasteiger partial charge in [-0.15, -0.1) is 0 Å². The first-order valence-electron chi connectivity index (χ1n) is 9.68. The number of aryl methyl sites for hydroxylation is 2. The summed E-state index contributed by atoms with van der Waals surface area (Å²) in [6, 6.07) is 7.85. The quantitative estimate of drug-likeness (QED) is 0.571. The minimum Gasteiger partial charge on any atom is -0.294 e. The molecule has 0 spiro atoms. The second kappa shape index (κ2) is 8.75. The molecule has 0 aliphatic carbocycles. The maximum absolute atomic E-state index is 12.5. The number of unbranched alkanes of at least 4 members (excludes halogenated alkanes) is 4. The third-order valence-corrected chi connectivity index (χ3v) is 4.78. The first-order chi connectivity index (χ1) is 13.1. The van der Waals surface area contributed by atoms with E-state index >= 15 is 0 Å². The number of nitrogens with one attached hydrogen (secondary N) is 2. The van der Waals surface area contributed by atoms with Gasteiger partial charge in [0.15, 0.2) is 0 Å². The van der Waals surface area contributed by atoms with Crippen LogP contribution in [0, 0.1) is 13.8 Å². The highest BCUT2D eigenvalue weighted by Crippen LogP contribution is 2.18. The molecular weight excluding hydrogens is 338 g/mol. The molecule has 6 heteroatoms. The third kappa shape index (κ3) is 4.70. The molecule has 3 rings (SSSR count). The van der Waals surface area contributed by atoms with Crippen molar-refractivity contribution >= 4 is 22.8 Å². The van der Waals surface area contributed by atoms with Crippen LogP contribution in [-0.2, 0) is 6.42 Å². The molecule has 2 N–H and O–H groups in total. The summed E-state index contributed by atoms with van der Waals surface area (Å²) in [5.41, 5.74) is 3.18. The van der Waals surface area contributed by atoms with E-state index in [1.807, 2.05) is 38.1 Å². The van der Waals surface area contributed by atoms with Gasteiger partial charge in [-0.3, -0.25) is 15.1 Å². The van der Waals surface area contributed by atoms with Crippen LogP contribution in [0.2, 0.25) is 0 Å². The second-order valence-electron chi connectivity index (χ2n) is 6.92. The van der Waals surface area contributed by atoms with E-state index in [1.165, 1.54) is 19.3 Å². The number of hydrogen-bond donors (Lipinski definition) is 2. The maximum Gasteiger partial charge on any atom is 0.255 e. The molecule has 6 nitrogen and oxygen atoms in total. The van der Waals surface area contributed by atoms with Crippen molar-refractivity contribution in [2.45, 2.75) is 59.3 Å². The largest absolute Gasteiger partial charge is 0.294 e. The van der Waals surface area contributed by atoms with Crippen molar-refractivity contribution in [3.63, 3.8) is 0 Å². The van der Waals surface area contributed by atoms with E-state index in [-0.39, 0.29) is 5.56 Å². The van der Waals surface area contributed by atoms with E-state index in [4.69, 9.17) is 0 Å². The van der Waals surface area contributed by atoms with E-state index in [1.54, 1.807) is 0 Å². The molecule has 0 aliphatic rings. The average molecular weight is 365 g/mol. The number of nitrogens with zero attached hydrogens (tertiary/aromatic N) is 3. The van der Waals surface area contributed by atoms with E-state index in [0.717, 1.165) is 47.1 Å². The third-order valence-electron chi connectivity index (χ3n) is 4.78. The molecule has 27 heavy (non-hydrogen) atoms. The highest BCUT2D eigenvalue weighted by molar-refractivity contribution is 5.81. The number of fused-ring (bicyclic) bond motifs is 1. The SMILES string of the molecule is CCCCCCCc1c(C)nc(Nc2nc(C)c3ccccc3n2)[nH]c1=O. The number of rotatable bonds is 8. The van der Waals surface area contributed by atoms with E-state index in [2.05, 4.69) is 32.2 Å². The van der Waals surface area contributed by atoms with Crippen LogP contribution in [0.25, 0.3) is 10.9 Å². The monoisotopic (exact) mass is 365 g/mol. The Balaban J connectivity index is 1.75. The molecule has 1 aromatic carbocycles. The summed E-state index contributed by atoms with van der Waals surface area (Å²) in [6.07, 6.45) is 6.63. The first kappa shape index (κ1) is 19.0. The van der Waals surface area contributed by atoms with E-state index in [0.29, 0.717) is 11.9 Å². The Bertz CT molecular complexity index is 980. The lowest BCUT2D eigenvalue weighted by molar-refractivity contribution is 0.628. The molecule has 0 fully saturated rings. The lowest BCUT2D eigenvalue weighted by Crippen LogP contribution is -2.18. The van der Waals surface area contributed by atoms with Crippen LogP contribution in [0.5, 0.6) is 0 Å². The minimum atomic E-state index is -0.0852. The van der Waals surface area contributed by atoms with Gasteiger partial charge in [0.1, 0.15) is 0 Å². The van der Waals surface area contributed by atoms with Gasteiger partial charge in [0, 0.05) is 16.6 Å². The lowest BCUT2D eigenvalue weighted by atomic mass is 10.1. The molecule has 0 amide bonds. The normalized spacial score (nSPS) is 11.1. The molecule has 0 unspecified atom stereocenters. The van der Waals surface area contributed by atoms with Crippen LogP contribution in [0.4, 0.5) is 11.9 Å². The zero-order valence-corrected chi connectivity index (χ0v) is 16.3. The molecule has 2 aromatic heterocycles. The summed E-state index contributed by atoms with van der Waals surface area (Å²) < 4.78 is 0. The van der Waals surface area contributed by atoms with Crippen molar-refractivity contribution in [3.8, 4) is 0 Å². The Hall–Kier alpha value is -2.76. The summed E-state index contributed by atoms with van der Waals surface area (Å²) >= 11 is 0. The topological polar surface area (TPSA) is 83.6 Å². The fourth-order valence-electron chi connectivity index (χ4n) is 3.27. The van der Waals surface area contributed by atoms with Crippen molar-refractivity contribution in [2.24, 2.45) is 0 Å². The fourth-order valence-corrected chi connectivity index (χ4v) is 3.27. The molecule has 0 aliphatic heterocycles. The number of aromatic amines is 1. The molecule has 2 heterocycles. The van der Waals surface area contributed by atoms with Crippen LogP contribution in [-0.4, -0.2) is 19.9 Å². The summed E-state index contributed by atoms with van der Waals surface area (Å²) in [6.45, 7) is 6.03. The van der Waals surface area contributed by atoms with Gasteiger partial charge in [-0.05, 0) is 32.8 Å². The molecule has 0 atom stereocenters. The molecule has 0 saturated carbocycles. The summed E-state index contributed by atoms with van der Waals surface area (Å²) in [5, 5.41) is 4.05. The number of anilines is 2. The number of hydrogen-bond acceptors (Lipinski definition) is 5. The van der Waals surface area contributed by atoms with Gasteiger partial charge in [-0.2, -0.15) is 0 Å². The highest BCUT2D eigenvalue weighted by atomic mass is 16.1. The number of aromatic nitrogens is 4. The Labute approximate surface area is 159 Å². The maximum atomic E-state index is 12.5. The van der Waals surface area contributed by atoms with Gasteiger partial charge in [0.05, 0.1) is 11.2 Å². The summed E-state index contributed by atoms with van der Waals surface area (Å²) in [4.78, 5) is 28.8. The standard InChI is InChI=1S/C21H27N5O/c1-4-5-6-7-8-12-17-15(3)23-21(25-19(17)27)26-20-22-14(2)16-11-9-10-13-18(16)24-20/h9-11,13H,4-8,12H2,1-3H3,(H2,22,23,24,25,26,27). The Morgan fingerprint density at radius 2 is 1.74 bits per heavy atom. The van der Waals surface area contributed by atoms with Gasteiger partial charge in [-0.25, -0.2) is 15.0 Å².